The quantitative estimate of drug-likeness (QED) is 0.757. The smallest absolute Gasteiger partial charge is 0.231 e. The molecule has 134 valence electrons. The van der Waals surface area contributed by atoms with Crippen molar-refractivity contribution in [1.82, 2.24) is 4.98 Å². The third-order valence-corrected chi connectivity index (χ3v) is 5.85. The second-order valence-corrected chi connectivity index (χ2v) is 7.72. The molecular weight excluding hydrogens is 346 g/mol. The van der Waals surface area contributed by atoms with E-state index < -0.39 is 0 Å². The van der Waals surface area contributed by atoms with Crippen molar-refractivity contribution in [2.45, 2.75) is 13.8 Å². The Labute approximate surface area is 156 Å². The minimum absolute atomic E-state index is 0.0104. The summed E-state index contributed by atoms with van der Waals surface area (Å²) in [5.74, 6) is 0.854. The molecule has 0 spiro atoms. The first-order valence-corrected chi connectivity index (χ1v) is 9.43. The van der Waals surface area contributed by atoms with E-state index >= 15 is 0 Å². The minimum Gasteiger partial charge on any atom is -0.494 e. The number of rotatable bonds is 4. The maximum absolute atomic E-state index is 12.5. The van der Waals surface area contributed by atoms with Crippen LogP contribution in [0.15, 0.2) is 36.4 Å². The number of aromatic nitrogens is 1. The molecule has 5 nitrogen and oxygen atoms in total. The van der Waals surface area contributed by atoms with Crippen LogP contribution in [0.2, 0.25) is 0 Å². The molecule has 1 saturated heterocycles. The maximum atomic E-state index is 12.5. The fraction of sp³-hybridized carbons (Fsp3) is 0.300. The number of fused-ring (bicyclic) bond motifs is 1. The number of anilines is 2. The number of aryl methyl sites for hydroxylation is 2. The first-order chi connectivity index (χ1) is 12.5. The minimum atomic E-state index is -0.0104. The second kappa shape index (κ2) is 6.61. The standard InChI is InChI=1S/C20H21N3O2S/c1-12-7-8-13(2)15(9-12)21-19(24)14-10-23(11-14)20-22-18-16(25-3)5-4-6-17(18)26-20/h4-9,14H,10-11H2,1-3H3,(H,21,24). The van der Waals surface area contributed by atoms with Gasteiger partial charge in [0, 0.05) is 18.8 Å². The second-order valence-electron chi connectivity index (χ2n) is 6.71. The summed E-state index contributed by atoms with van der Waals surface area (Å²) in [5.41, 5.74) is 4.01. The van der Waals surface area contributed by atoms with Crippen molar-refractivity contribution in [3.63, 3.8) is 0 Å². The molecule has 1 fully saturated rings. The van der Waals surface area contributed by atoms with Crippen LogP contribution in [0, 0.1) is 19.8 Å². The Balaban J connectivity index is 1.43. The number of thiazole rings is 1. The highest BCUT2D eigenvalue weighted by Gasteiger charge is 2.34. The van der Waals surface area contributed by atoms with Crippen molar-refractivity contribution in [1.29, 1.82) is 0 Å². The van der Waals surface area contributed by atoms with Crippen LogP contribution in [0.5, 0.6) is 5.75 Å². The Hall–Kier alpha value is -2.60. The molecule has 2 aromatic carbocycles. The first-order valence-electron chi connectivity index (χ1n) is 8.62. The van der Waals surface area contributed by atoms with Gasteiger partial charge in [-0.2, -0.15) is 0 Å². The molecular formula is C20H21N3O2S. The molecule has 1 aliphatic heterocycles. The van der Waals surface area contributed by atoms with Gasteiger partial charge in [-0.25, -0.2) is 4.98 Å². The summed E-state index contributed by atoms with van der Waals surface area (Å²) in [6.07, 6.45) is 0. The lowest BCUT2D eigenvalue weighted by atomic mass is 9.99. The Morgan fingerprint density at radius 1 is 1.27 bits per heavy atom. The molecule has 1 amide bonds. The topological polar surface area (TPSA) is 54.5 Å². The number of benzene rings is 2. The van der Waals surface area contributed by atoms with Crippen molar-refractivity contribution < 1.29 is 9.53 Å². The molecule has 26 heavy (non-hydrogen) atoms. The number of nitrogens with one attached hydrogen (secondary N) is 1. The van der Waals surface area contributed by atoms with Crippen LogP contribution in [-0.4, -0.2) is 31.1 Å². The number of hydrogen-bond acceptors (Lipinski definition) is 5. The summed E-state index contributed by atoms with van der Waals surface area (Å²) in [6.45, 7) is 5.43. The van der Waals surface area contributed by atoms with Gasteiger partial charge in [0.05, 0.1) is 17.7 Å². The largest absolute Gasteiger partial charge is 0.494 e. The lowest BCUT2D eigenvalue weighted by molar-refractivity contribution is -0.120. The van der Waals surface area contributed by atoms with Gasteiger partial charge in [0.25, 0.3) is 0 Å². The molecule has 0 atom stereocenters. The van der Waals surface area contributed by atoms with Gasteiger partial charge in [0.2, 0.25) is 5.91 Å². The van der Waals surface area contributed by atoms with Crippen molar-refractivity contribution in [3.8, 4) is 5.75 Å². The number of amides is 1. The van der Waals surface area contributed by atoms with E-state index in [1.165, 1.54) is 0 Å². The third kappa shape index (κ3) is 3.01. The molecule has 1 aliphatic rings. The van der Waals surface area contributed by atoms with Gasteiger partial charge in [-0.1, -0.05) is 29.5 Å². The van der Waals surface area contributed by atoms with E-state index in [4.69, 9.17) is 9.72 Å². The van der Waals surface area contributed by atoms with E-state index in [9.17, 15) is 4.79 Å². The molecule has 0 aliphatic carbocycles. The number of methoxy groups -OCH3 is 1. The van der Waals surface area contributed by atoms with Gasteiger partial charge in [-0.05, 0) is 43.2 Å². The van der Waals surface area contributed by atoms with E-state index in [0.29, 0.717) is 13.1 Å². The Morgan fingerprint density at radius 2 is 2.08 bits per heavy atom. The molecule has 0 radical (unpaired) electrons. The van der Waals surface area contributed by atoms with Gasteiger partial charge in [-0.15, -0.1) is 0 Å². The average molecular weight is 367 g/mol. The summed E-state index contributed by atoms with van der Waals surface area (Å²) < 4.78 is 6.48. The zero-order valence-electron chi connectivity index (χ0n) is 15.1. The highest BCUT2D eigenvalue weighted by Crippen LogP contribution is 2.36. The van der Waals surface area contributed by atoms with E-state index in [-0.39, 0.29) is 11.8 Å². The van der Waals surface area contributed by atoms with Crippen LogP contribution in [-0.2, 0) is 4.79 Å². The summed E-state index contributed by atoms with van der Waals surface area (Å²) in [5, 5.41) is 4.01. The molecule has 0 saturated carbocycles. The monoisotopic (exact) mass is 367 g/mol. The average Bonchev–Trinajstić information content (AvgIpc) is 3.00. The molecule has 4 rings (SSSR count). The van der Waals surface area contributed by atoms with Crippen LogP contribution in [0.25, 0.3) is 10.2 Å². The van der Waals surface area contributed by atoms with Gasteiger partial charge in [0.15, 0.2) is 5.13 Å². The van der Waals surface area contributed by atoms with Crippen LogP contribution in [0.1, 0.15) is 11.1 Å². The van der Waals surface area contributed by atoms with Crippen molar-refractivity contribution in [2.75, 3.05) is 30.4 Å². The Bertz CT molecular complexity index is 976. The van der Waals surface area contributed by atoms with E-state index in [0.717, 1.165) is 37.9 Å². The molecule has 6 heteroatoms. The summed E-state index contributed by atoms with van der Waals surface area (Å²) >= 11 is 1.64. The number of ether oxygens (including phenoxy) is 1. The van der Waals surface area contributed by atoms with Crippen molar-refractivity contribution >= 4 is 38.3 Å². The van der Waals surface area contributed by atoms with Crippen LogP contribution < -0.4 is 15.0 Å². The number of hydrogen-bond donors (Lipinski definition) is 1. The highest BCUT2D eigenvalue weighted by molar-refractivity contribution is 7.22. The van der Waals surface area contributed by atoms with Gasteiger partial charge in [-0.3, -0.25) is 4.79 Å². The molecule has 2 heterocycles. The summed E-state index contributed by atoms with van der Waals surface area (Å²) in [4.78, 5) is 19.4. The molecule has 0 bridgehead atoms. The highest BCUT2D eigenvalue weighted by atomic mass is 32.1. The van der Waals surface area contributed by atoms with Crippen LogP contribution in [0.3, 0.4) is 0 Å². The van der Waals surface area contributed by atoms with Gasteiger partial charge in [0.1, 0.15) is 11.3 Å². The number of carbonyl (C=O) groups is 1. The molecule has 0 unspecified atom stereocenters. The molecule has 3 aromatic rings. The van der Waals surface area contributed by atoms with Gasteiger partial charge >= 0.3 is 0 Å². The van der Waals surface area contributed by atoms with Crippen LogP contribution in [0.4, 0.5) is 10.8 Å². The summed E-state index contributed by atoms with van der Waals surface area (Å²) in [7, 11) is 1.66. The number of para-hydroxylation sites is 1. The normalized spacial score (nSPS) is 14.3. The lowest BCUT2D eigenvalue weighted by Crippen LogP contribution is -2.52. The maximum Gasteiger partial charge on any atom is 0.231 e. The first kappa shape index (κ1) is 16.8. The Morgan fingerprint density at radius 3 is 2.85 bits per heavy atom. The SMILES string of the molecule is COc1cccc2sc(N3CC(C(=O)Nc4cc(C)ccc4C)C3)nc12. The lowest BCUT2D eigenvalue weighted by Gasteiger charge is -2.38. The zero-order valence-corrected chi connectivity index (χ0v) is 15.9. The third-order valence-electron chi connectivity index (χ3n) is 4.76. The van der Waals surface area contributed by atoms with Crippen molar-refractivity contribution in [3.05, 3.63) is 47.5 Å². The van der Waals surface area contributed by atoms with E-state index in [2.05, 4.69) is 16.3 Å². The molecule has 1 aromatic heterocycles. The zero-order chi connectivity index (χ0) is 18.3. The van der Waals surface area contributed by atoms with Crippen LogP contribution >= 0.6 is 11.3 Å². The molecule has 1 N–H and O–H groups in total. The van der Waals surface area contributed by atoms with E-state index in [1.807, 2.05) is 44.2 Å². The van der Waals surface area contributed by atoms with E-state index in [1.54, 1.807) is 18.4 Å². The van der Waals surface area contributed by atoms with Crippen molar-refractivity contribution in [2.24, 2.45) is 5.92 Å². The Kier molecular flexibility index (Phi) is 4.28. The fourth-order valence-electron chi connectivity index (χ4n) is 3.12. The summed E-state index contributed by atoms with van der Waals surface area (Å²) in [6, 6.07) is 12.0. The fourth-order valence-corrected chi connectivity index (χ4v) is 4.12. The number of nitrogens with zero attached hydrogens (tertiary/aromatic N) is 2. The predicted octanol–water partition coefficient (Wildman–Crippen LogP) is 4.00. The predicted molar refractivity (Wildman–Crippen MR) is 106 cm³/mol. The number of carbonyl (C=O) groups excluding carboxylic acids is 1. The van der Waals surface area contributed by atoms with Gasteiger partial charge < -0.3 is 15.0 Å².